The van der Waals surface area contributed by atoms with E-state index in [-0.39, 0.29) is 17.7 Å². The molecule has 1 atom stereocenters. The van der Waals surface area contributed by atoms with E-state index in [0.29, 0.717) is 43.6 Å². The van der Waals surface area contributed by atoms with Gasteiger partial charge in [0.05, 0.1) is 5.92 Å². The molecule has 132 valence electrons. The molecular weight excluding hydrogens is 308 g/mol. The van der Waals surface area contributed by atoms with E-state index in [1.165, 1.54) is 0 Å². The second-order valence-electron chi connectivity index (χ2n) is 6.88. The van der Waals surface area contributed by atoms with Crippen molar-refractivity contribution in [2.45, 2.75) is 46.0 Å². The fraction of sp³-hybridized carbons (Fsp3) is 0.765. The van der Waals surface area contributed by atoms with E-state index in [9.17, 15) is 9.59 Å². The Morgan fingerprint density at radius 3 is 2.67 bits per heavy atom. The van der Waals surface area contributed by atoms with Crippen LogP contribution in [0.5, 0.6) is 0 Å². The van der Waals surface area contributed by atoms with Crippen LogP contribution in [0.3, 0.4) is 0 Å². The van der Waals surface area contributed by atoms with Crippen LogP contribution in [0.2, 0.25) is 0 Å². The fourth-order valence-corrected chi connectivity index (χ4v) is 3.71. The van der Waals surface area contributed by atoms with Gasteiger partial charge in [0.2, 0.25) is 17.7 Å². The summed E-state index contributed by atoms with van der Waals surface area (Å²) in [6.07, 6.45) is 3.92. The van der Waals surface area contributed by atoms with Gasteiger partial charge in [0.1, 0.15) is 0 Å². The molecule has 2 saturated heterocycles. The molecule has 0 bridgehead atoms. The number of aryl methyl sites for hydroxylation is 1. The molecule has 2 aliphatic rings. The first-order chi connectivity index (χ1) is 11.6. The molecule has 2 amide bonds. The molecule has 2 fully saturated rings. The molecule has 3 heterocycles. The Bertz CT molecular complexity index is 592. The number of aromatic nitrogens is 2. The summed E-state index contributed by atoms with van der Waals surface area (Å²) in [5.41, 5.74) is 0. The third kappa shape index (κ3) is 3.76. The standard InChI is InChI=1S/C17H26N4O3/c1-3-20-11-14(4-5-16(20)22)17(23)21-8-6-13(7-9-21)10-15-18-12(2)19-24-15/h13-14H,3-11H2,1-2H3/t14-/m0/s1. The monoisotopic (exact) mass is 334 g/mol. The zero-order valence-corrected chi connectivity index (χ0v) is 14.5. The van der Waals surface area contributed by atoms with Gasteiger partial charge >= 0.3 is 0 Å². The van der Waals surface area contributed by atoms with Crippen LogP contribution >= 0.6 is 0 Å². The van der Waals surface area contributed by atoms with Crippen molar-refractivity contribution in [3.05, 3.63) is 11.7 Å². The smallest absolute Gasteiger partial charge is 0.227 e. The van der Waals surface area contributed by atoms with Gasteiger partial charge in [-0.3, -0.25) is 9.59 Å². The topological polar surface area (TPSA) is 79.5 Å². The molecule has 1 aromatic rings. The number of nitrogens with zero attached hydrogens (tertiary/aromatic N) is 4. The van der Waals surface area contributed by atoms with Gasteiger partial charge in [0.25, 0.3) is 0 Å². The minimum Gasteiger partial charge on any atom is -0.342 e. The number of hydrogen-bond donors (Lipinski definition) is 0. The van der Waals surface area contributed by atoms with Crippen LogP contribution in [0, 0.1) is 18.8 Å². The quantitative estimate of drug-likeness (QED) is 0.832. The largest absolute Gasteiger partial charge is 0.342 e. The van der Waals surface area contributed by atoms with E-state index in [1.54, 1.807) is 4.90 Å². The molecule has 0 N–H and O–H groups in total. The van der Waals surface area contributed by atoms with Crippen molar-refractivity contribution < 1.29 is 14.1 Å². The minimum atomic E-state index is -0.0298. The van der Waals surface area contributed by atoms with E-state index in [0.717, 1.165) is 32.4 Å². The maximum absolute atomic E-state index is 12.7. The predicted octanol–water partition coefficient (Wildman–Crippen LogP) is 1.42. The average molecular weight is 334 g/mol. The SMILES string of the molecule is CCN1C[C@@H](C(=O)N2CCC(Cc3nc(C)no3)CC2)CCC1=O. The van der Waals surface area contributed by atoms with Crippen molar-refractivity contribution in [2.75, 3.05) is 26.2 Å². The molecular formula is C17H26N4O3. The normalized spacial score (nSPS) is 22.9. The van der Waals surface area contributed by atoms with Crippen molar-refractivity contribution in [1.82, 2.24) is 19.9 Å². The molecule has 7 heteroatoms. The first-order valence-electron chi connectivity index (χ1n) is 8.92. The van der Waals surface area contributed by atoms with Crippen molar-refractivity contribution in [1.29, 1.82) is 0 Å². The van der Waals surface area contributed by atoms with Gasteiger partial charge in [-0.2, -0.15) is 4.98 Å². The van der Waals surface area contributed by atoms with Crippen LogP contribution in [0.25, 0.3) is 0 Å². The summed E-state index contributed by atoms with van der Waals surface area (Å²) in [6.45, 7) is 6.63. The van der Waals surface area contributed by atoms with Gasteiger partial charge in [0, 0.05) is 39.0 Å². The Hall–Kier alpha value is -1.92. The van der Waals surface area contributed by atoms with E-state index in [2.05, 4.69) is 10.1 Å². The Labute approximate surface area is 142 Å². The molecule has 24 heavy (non-hydrogen) atoms. The second kappa shape index (κ2) is 7.32. The van der Waals surface area contributed by atoms with Crippen molar-refractivity contribution in [3.63, 3.8) is 0 Å². The van der Waals surface area contributed by atoms with E-state index < -0.39 is 0 Å². The Morgan fingerprint density at radius 1 is 1.29 bits per heavy atom. The lowest BCUT2D eigenvalue weighted by molar-refractivity contribution is -0.143. The molecule has 0 unspecified atom stereocenters. The lowest BCUT2D eigenvalue weighted by atomic mass is 9.91. The molecule has 7 nitrogen and oxygen atoms in total. The first kappa shape index (κ1) is 16.9. The summed E-state index contributed by atoms with van der Waals surface area (Å²) in [7, 11) is 0. The van der Waals surface area contributed by atoms with E-state index >= 15 is 0 Å². The maximum atomic E-state index is 12.7. The maximum Gasteiger partial charge on any atom is 0.227 e. The Morgan fingerprint density at radius 2 is 2.04 bits per heavy atom. The van der Waals surface area contributed by atoms with Gasteiger partial charge in [-0.25, -0.2) is 0 Å². The highest BCUT2D eigenvalue weighted by Gasteiger charge is 2.33. The molecule has 2 aliphatic heterocycles. The average Bonchev–Trinajstić information content (AvgIpc) is 3.00. The van der Waals surface area contributed by atoms with Gasteiger partial charge < -0.3 is 14.3 Å². The first-order valence-corrected chi connectivity index (χ1v) is 8.92. The highest BCUT2D eigenvalue weighted by atomic mass is 16.5. The molecule has 0 aliphatic carbocycles. The third-order valence-electron chi connectivity index (χ3n) is 5.19. The number of carbonyl (C=O) groups is 2. The number of rotatable bonds is 4. The summed E-state index contributed by atoms with van der Waals surface area (Å²) < 4.78 is 5.19. The van der Waals surface area contributed by atoms with Crippen LogP contribution in [0.4, 0.5) is 0 Å². The highest BCUT2D eigenvalue weighted by Crippen LogP contribution is 2.25. The van der Waals surface area contributed by atoms with Crippen LogP contribution in [0.1, 0.15) is 44.3 Å². The zero-order valence-electron chi connectivity index (χ0n) is 14.5. The number of hydrogen-bond acceptors (Lipinski definition) is 5. The van der Waals surface area contributed by atoms with Gasteiger partial charge in [0.15, 0.2) is 5.82 Å². The Kier molecular flexibility index (Phi) is 5.16. The van der Waals surface area contributed by atoms with Crippen molar-refractivity contribution >= 4 is 11.8 Å². The molecule has 0 spiro atoms. The fourth-order valence-electron chi connectivity index (χ4n) is 3.71. The van der Waals surface area contributed by atoms with E-state index in [4.69, 9.17) is 4.52 Å². The summed E-state index contributed by atoms with van der Waals surface area (Å²) in [5.74, 6) is 2.22. The number of carbonyl (C=O) groups excluding carboxylic acids is 2. The van der Waals surface area contributed by atoms with Gasteiger partial charge in [-0.1, -0.05) is 5.16 Å². The van der Waals surface area contributed by atoms with Crippen LogP contribution in [0.15, 0.2) is 4.52 Å². The highest BCUT2D eigenvalue weighted by molar-refractivity contribution is 5.83. The second-order valence-corrected chi connectivity index (χ2v) is 6.88. The third-order valence-corrected chi connectivity index (χ3v) is 5.19. The molecule has 0 aromatic carbocycles. The molecule has 0 radical (unpaired) electrons. The van der Waals surface area contributed by atoms with Crippen LogP contribution in [-0.4, -0.2) is 57.9 Å². The summed E-state index contributed by atoms with van der Waals surface area (Å²) in [6, 6.07) is 0. The summed E-state index contributed by atoms with van der Waals surface area (Å²) >= 11 is 0. The lowest BCUT2D eigenvalue weighted by Crippen LogP contribution is -2.48. The molecule has 0 saturated carbocycles. The zero-order chi connectivity index (χ0) is 17.1. The summed E-state index contributed by atoms with van der Waals surface area (Å²) in [5, 5.41) is 3.82. The van der Waals surface area contributed by atoms with E-state index in [1.807, 2.05) is 18.7 Å². The number of amides is 2. The number of likely N-dealkylation sites (tertiary alicyclic amines) is 2. The molecule has 1 aromatic heterocycles. The predicted molar refractivity (Wildman–Crippen MR) is 87.0 cm³/mol. The molecule has 3 rings (SSSR count). The van der Waals surface area contributed by atoms with Crippen LogP contribution < -0.4 is 0 Å². The van der Waals surface area contributed by atoms with Crippen molar-refractivity contribution in [2.24, 2.45) is 11.8 Å². The summed E-state index contributed by atoms with van der Waals surface area (Å²) in [4.78, 5) is 32.5. The van der Waals surface area contributed by atoms with Crippen LogP contribution in [-0.2, 0) is 16.0 Å². The van der Waals surface area contributed by atoms with Gasteiger partial charge in [-0.15, -0.1) is 0 Å². The minimum absolute atomic E-state index is 0.0298. The Balaban J connectivity index is 1.49. The number of piperidine rings is 2. The van der Waals surface area contributed by atoms with Crippen molar-refractivity contribution in [3.8, 4) is 0 Å². The van der Waals surface area contributed by atoms with Gasteiger partial charge in [-0.05, 0) is 39.0 Å². The lowest BCUT2D eigenvalue weighted by Gasteiger charge is -2.37.